The summed E-state index contributed by atoms with van der Waals surface area (Å²) in [5.74, 6) is -0.687. The number of amides is 2. The topological polar surface area (TPSA) is 49.4 Å². The molecule has 1 N–H and O–H groups in total. The Labute approximate surface area is 163 Å². The van der Waals surface area contributed by atoms with E-state index in [9.17, 15) is 9.59 Å². The Morgan fingerprint density at radius 2 is 1.85 bits per heavy atom. The summed E-state index contributed by atoms with van der Waals surface area (Å²) in [4.78, 5) is 26.8. The van der Waals surface area contributed by atoms with Gasteiger partial charge in [0, 0.05) is 23.7 Å². The van der Waals surface area contributed by atoms with Gasteiger partial charge in [0.15, 0.2) is 0 Å². The summed E-state index contributed by atoms with van der Waals surface area (Å²) in [7, 11) is 0. The van der Waals surface area contributed by atoms with Crippen molar-refractivity contribution in [3.63, 3.8) is 0 Å². The molecule has 2 amide bonds. The van der Waals surface area contributed by atoms with E-state index in [-0.39, 0.29) is 18.2 Å². The summed E-state index contributed by atoms with van der Waals surface area (Å²) in [6.07, 6.45) is 0.169. The lowest BCUT2D eigenvalue weighted by molar-refractivity contribution is -0.122. The Kier molecular flexibility index (Phi) is 5.26. The molecule has 1 atom stereocenters. The van der Waals surface area contributed by atoms with E-state index in [0.717, 1.165) is 16.7 Å². The highest BCUT2D eigenvalue weighted by atomic mass is 35.5. The monoisotopic (exact) mass is 390 g/mol. The van der Waals surface area contributed by atoms with E-state index in [1.165, 1.54) is 0 Å². The summed E-state index contributed by atoms with van der Waals surface area (Å²) in [6.45, 7) is 6.08. The van der Waals surface area contributed by atoms with Gasteiger partial charge in [0.1, 0.15) is 0 Å². The SMILES string of the molecule is Cc1cc(C)c(N2CC(C(=O)Nc3ccc(Cl)cc3C)CC2=O)c(Cl)c1. The normalized spacial score (nSPS) is 16.9. The number of carbonyl (C=O) groups is 2. The molecule has 0 saturated carbocycles. The van der Waals surface area contributed by atoms with Gasteiger partial charge in [0.05, 0.1) is 16.6 Å². The van der Waals surface area contributed by atoms with E-state index < -0.39 is 5.92 Å². The van der Waals surface area contributed by atoms with Crippen molar-refractivity contribution < 1.29 is 9.59 Å². The first-order valence-electron chi connectivity index (χ1n) is 8.40. The number of carbonyl (C=O) groups excluding carboxylic acids is 2. The lowest BCUT2D eigenvalue weighted by atomic mass is 10.1. The molecule has 0 aromatic heterocycles. The van der Waals surface area contributed by atoms with Crippen LogP contribution in [0.5, 0.6) is 0 Å². The average Bonchev–Trinajstić information content (AvgIpc) is 2.91. The van der Waals surface area contributed by atoms with Crippen LogP contribution < -0.4 is 10.2 Å². The number of nitrogens with one attached hydrogen (secondary N) is 1. The minimum atomic E-state index is -0.422. The molecule has 2 aromatic carbocycles. The van der Waals surface area contributed by atoms with Gasteiger partial charge in [-0.3, -0.25) is 9.59 Å². The summed E-state index contributed by atoms with van der Waals surface area (Å²) >= 11 is 12.3. The molecule has 1 aliphatic heterocycles. The van der Waals surface area contributed by atoms with E-state index in [2.05, 4.69) is 5.32 Å². The maximum atomic E-state index is 12.6. The number of benzene rings is 2. The van der Waals surface area contributed by atoms with Gasteiger partial charge < -0.3 is 10.2 Å². The molecular formula is C20H20Cl2N2O2. The molecule has 1 aliphatic rings. The molecule has 0 aliphatic carbocycles. The molecule has 1 saturated heterocycles. The van der Waals surface area contributed by atoms with Crippen molar-refractivity contribution in [1.29, 1.82) is 0 Å². The average molecular weight is 391 g/mol. The van der Waals surface area contributed by atoms with Gasteiger partial charge in [-0.05, 0) is 61.7 Å². The number of rotatable bonds is 3. The Bertz CT molecular complexity index is 872. The van der Waals surface area contributed by atoms with Gasteiger partial charge in [-0.2, -0.15) is 0 Å². The third-order valence-corrected chi connectivity index (χ3v) is 5.13. The van der Waals surface area contributed by atoms with Crippen LogP contribution in [0.25, 0.3) is 0 Å². The fourth-order valence-corrected chi connectivity index (χ4v) is 4.00. The first kappa shape index (κ1) is 18.7. The van der Waals surface area contributed by atoms with Crippen molar-refractivity contribution in [1.82, 2.24) is 0 Å². The third-order valence-electron chi connectivity index (χ3n) is 4.61. The van der Waals surface area contributed by atoms with Gasteiger partial charge in [-0.25, -0.2) is 0 Å². The molecule has 0 spiro atoms. The molecule has 4 nitrogen and oxygen atoms in total. The Hall–Kier alpha value is -2.04. The highest BCUT2D eigenvalue weighted by Crippen LogP contribution is 2.35. The quantitative estimate of drug-likeness (QED) is 0.808. The molecule has 26 heavy (non-hydrogen) atoms. The predicted molar refractivity (Wildman–Crippen MR) is 106 cm³/mol. The van der Waals surface area contributed by atoms with Crippen LogP contribution in [-0.2, 0) is 9.59 Å². The predicted octanol–water partition coefficient (Wildman–Crippen LogP) is 4.91. The van der Waals surface area contributed by atoms with Gasteiger partial charge >= 0.3 is 0 Å². The summed E-state index contributed by atoms with van der Waals surface area (Å²) < 4.78 is 0. The maximum absolute atomic E-state index is 12.6. The lowest BCUT2D eigenvalue weighted by Crippen LogP contribution is -2.29. The van der Waals surface area contributed by atoms with Crippen molar-refractivity contribution >= 4 is 46.4 Å². The van der Waals surface area contributed by atoms with Crippen LogP contribution in [0, 0.1) is 26.7 Å². The van der Waals surface area contributed by atoms with Crippen LogP contribution in [-0.4, -0.2) is 18.4 Å². The van der Waals surface area contributed by atoms with Crippen LogP contribution >= 0.6 is 23.2 Å². The molecule has 1 unspecified atom stereocenters. The summed E-state index contributed by atoms with van der Waals surface area (Å²) in [5, 5.41) is 4.05. The van der Waals surface area contributed by atoms with E-state index in [4.69, 9.17) is 23.2 Å². The smallest absolute Gasteiger partial charge is 0.229 e. The van der Waals surface area contributed by atoms with Crippen LogP contribution in [0.4, 0.5) is 11.4 Å². The molecule has 1 fully saturated rings. The van der Waals surface area contributed by atoms with E-state index in [1.54, 1.807) is 23.1 Å². The van der Waals surface area contributed by atoms with E-state index in [1.807, 2.05) is 32.9 Å². The number of nitrogens with zero attached hydrogens (tertiary/aromatic N) is 1. The molecule has 3 rings (SSSR count). The van der Waals surface area contributed by atoms with E-state index in [0.29, 0.717) is 28.0 Å². The number of aryl methyl sites for hydroxylation is 3. The van der Waals surface area contributed by atoms with Crippen molar-refractivity contribution in [2.24, 2.45) is 5.92 Å². The zero-order chi connectivity index (χ0) is 19.0. The second-order valence-electron chi connectivity index (χ2n) is 6.77. The fourth-order valence-electron chi connectivity index (χ4n) is 3.35. The number of halogens is 2. The van der Waals surface area contributed by atoms with Crippen LogP contribution in [0.3, 0.4) is 0 Å². The minimum absolute atomic E-state index is 0.0909. The van der Waals surface area contributed by atoms with Crippen LogP contribution in [0.1, 0.15) is 23.1 Å². The standard InChI is InChI=1S/C20H20Cl2N2O2/c1-11-6-13(3)19(16(22)7-11)24-10-14(9-18(24)25)20(26)23-17-5-4-15(21)8-12(17)2/h4-8,14H,9-10H2,1-3H3,(H,23,26). The van der Waals surface area contributed by atoms with Crippen molar-refractivity contribution in [3.8, 4) is 0 Å². The van der Waals surface area contributed by atoms with Gasteiger partial charge in [0.25, 0.3) is 0 Å². The fraction of sp³-hybridized carbons (Fsp3) is 0.300. The second-order valence-corrected chi connectivity index (χ2v) is 7.61. The lowest BCUT2D eigenvalue weighted by Gasteiger charge is -2.21. The van der Waals surface area contributed by atoms with Gasteiger partial charge in [-0.15, -0.1) is 0 Å². The molecule has 6 heteroatoms. The Balaban J connectivity index is 1.78. The molecule has 2 aromatic rings. The molecule has 136 valence electrons. The highest BCUT2D eigenvalue weighted by molar-refractivity contribution is 6.34. The zero-order valence-corrected chi connectivity index (χ0v) is 16.4. The van der Waals surface area contributed by atoms with Gasteiger partial charge in [-0.1, -0.05) is 29.3 Å². The van der Waals surface area contributed by atoms with Crippen molar-refractivity contribution in [2.75, 3.05) is 16.8 Å². The minimum Gasteiger partial charge on any atom is -0.326 e. The molecule has 0 radical (unpaired) electrons. The van der Waals surface area contributed by atoms with E-state index >= 15 is 0 Å². The summed E-state index contributed by atoms with van der Waals surface area (Å²) in [5.41, 5.74) is 4.24. The highest BCUT2D eigenvalue weighted by Gasteiger charge is 2.36. The van der Waals surface area contributed by atoms with Gasteiger partial charge in [0.2, 0.25) is 11.8 Å². The number of anilines is 2. The molecular weight excluding hydrogens is 371 g/mol. The van der Waals surface area contributed by atoms with Crippen molar-refractivity contribution in [2.45, 2.75) is 27.2 Å². The first-order valence-corrected chi connectivity index (χ1v) is 9.16. The summed E-state index contributed by atoms with van der Waals surface area (Å²) in [6, 6.07) is 9.11. The first-order chi connectivity index (χ1) is 12.3. The van der Waals surface area contributed by atoms with Crippen molar-refractivity contribution in [3.05, 3.63) is 57.1 Å². The third kappa shape index (κ3) is 3.71. The van der Waals surface area contributed by atoms with Crippen LogP contribution in [0.15, 0.2) is 30.3 Å². The molecule has 1 heterocycles. The largest absolute Gasteiger partial charge is 0.326 e. The second kappa shape index (κ2) is 7.29. The number of hydrogen-bond acceptors (Lipinski definition) is 2. The maximum Gasteiger partial charge on any atom is 0.229 e. The van der Waals surface area contributed by atoms with Crippen LogP contribution in [0.2, 0.25) is 10.0 Å². The zero-order valence-electron chi connectivity index (χ0n) is 14.9. The Morgan fingerprint density at radius 3 is 2.50 bits per heavy atom. The Morgan fingerprint density at radius 1 is 1.12 bits per heavy atom. The number of hydrogen-bond donors (Lipinski definition) is 1. The molecule has 0 bridgehead atoms.